The first-order chi connectivity index (χ1) is 8.99. The van der Waals surface area contributed by atoms with E-state index >= 15 is 0 Å². The molecule has 0 aromatic carbocycles. The van der Waals surface area contributed by atoms with E-state index in [9.17, 15) is 4.79 Å². The summed E-state index contributed by atoms with van der Waals surface area (Å²) in [7, 11) is 1.85. The molecule has 0 fully saturated rings. The number of carbonyl (C=O) groups is 1. The summed E-state index contributed by atoms with van der Waals surface area (Å²) in [5.74, 6) is -0.485. The number of carboxylic acids is 1. The molecule has 0 aliphatic rings. The van der Waals surface area contributed by atoms with Crippen molar-refractivity contribution in [3.8, 4) is 0 Å². The van der Waals surface area contributed by atoms with Gasteiger partial charge in [-0.3, -0.25) is 0 Å². The van der Waals surface area contributed by atoms with E-state index in [2.05, 4.69) is 9.97 Å². The predicted molar refractivity (Wildman–Crippen MR) is 75.2 cm³/mol. The van der Waals surface area contributed by atoms with Crippen molar-refractivity contribution >= 4 is 34.7 Å². The van der Waals surface area contributed by atoms with Crippen molar-refractivity contribution in [1.29, 1.82) is 0 Å². The molecule has 0 amide bonds. The van der Waals surface area contributed by atoms with E-state index in [0.29, 0.717) is 17.4 Å². The average molecular weight is 298 g/mol. The van der Waals surface area contributed by atoms with Gasteiger partial charge >= 0.3 is 5.97 Å². The van der Waals surface area contributed by atoms with Crippen molar-refractivity contribution in [1.82, 2.24) is 9.97 Å². The molecule has 7 heteroatoms. The smallest absolute Gasteiger partial charge is 0.337 e. The van der Waals surface area contributed by atoms with Gasteiger partial charge in [-0.05, 0) is 13.0 Å². The van der Waals surface area contributed by atoms with Crippen LogP contribution >= 0.6 is 22.9 Å². The topological polar surface area (TPSA) is 66.3 Å². The molecule has 0 aliphatic heterocycles. The van der Waals surface area contributed by atoms with Gasteiger partial charge in [0.15, 0.2) is 0 Å². The first-order valence-electron chi connectivity index (χ1n) is 5.48. The van der Waals surface area contributed by atoms with E-state index < -0.39 is 5.97 Å². The van der Waals surface area contributed by atoms with E-state index in [-0.39, 0.29) is 5.56 Å². The lowest BCUT2D eigenvalue weighted by Gasteiger charge is -2.18. The second kappa shape index (κ2) is 5.54. The number of nitrogens with zero attached hydrogens (tertiary/aromatic N) is 3. The number of hydrogen-bond donors (Lipinski definition) is 1. The monoisotopic (exact) mass is 297 g/mol. The molecule has 0 spiro atoms. The molecule has 2 rings (SSSR count). The minimum Gasteiger partial charge on any atom is -0.478 e. The number of pyridine rings is 1. The fourth-order valence-corrected chi connectivity index (χ4v) is 2.74. The van der Waals surface area contributed by atoms with Gasteiger partial charge in [-0.1, -0.05) is 11.6 Å². The van der Waals surface area contributed by atoms with Crippen LogP contribution in [0.4, 0.5) is 5.82 Å². The Labute approximate surface area is 119 Å². The van der Waals surface area contributed by atoms with E-state index in [1.165, 1.54) is 12.3 Å². The molecule has 0 unspecified atom stereocenters. The molecule has 2 heterocycles. The second-order valence-corrected chi connectivity index (χ2v) is 5.40. The number of anilines is 1. The van der Waals surface area contributed by atoms with Crippen LogP contribution in [0.25, 0.3) is 0 Å². The summed E-state index contributed by atoms with van der Waals surface area (Å²) >= 11 is 7.64. The number of aromatic carboxylic acids is 1. The molecule has 2 aromatic heterocycles. The van der Waals surface area contributed by atoms with E-state index in [0.717, 1.165) is 10.6 Å². The van der Waals surface area contributed by atoms with Gasteiger partial charge in [0.05, 0.1) is 28.3 Å². The molecule has 0 saturated carbocycles. The highest BCUT2D eigenvalue weighted by atomic mass is 35.5. The van der Waals surface area contributed by atoms with E-state index in [1.807, 2.05) is 18.9 Å². The maximum Gasteiger partial charge on any atom is 0.337 e. The quantitative estimate of drug-likeness (QED) is 0.940. The number of hydrogen-bond acceptors (Lipinski definition) is 5. The van der Waals surface area contributed by atoms with Crippen LogP contribution in [0.1, 0.15) is 20.9 Å². The predicted octanol–water partition coefficient (Wildman–Crippen LogP) is 2.83. The van der Waals surface area contributed by atoms with Crippen LogP contribution in [0.2, 0.25) is 5.02 Å². The molecule has 19 heavy (non-hydrogen) atoms. The minimum absolute atomic E-state index is 0.0797. The SMILES string of the molecule is Cc1ncsc1CN(C)c1ncc(C(=O)O)cc1Cl. The molecule has 2 aromatic rings. The number of thiazole rings is 1. The first-order valence-corrected chi connectivity index (χ1v) is 6.73. The average Bonchev–Trinajstić information content (AvgIpc) is 2.74. The standard InChI is InChI=1S/C12H12ClN3O2S/c1-7-10(19-6-15-7)5-16(2)11-9(13)3-8(4-14-11)12(17)18/h3-4,6H,5H2,1-2H3,(H,17,18). The Balaban J connectivity index is 2.22. The molecule has 0 atom stereocenters. The van der Waals surface area contributed by atoms with Crippen molar-refractivity contribution in [2.45, 2.75) is 13.5 Å². The van der Waals surface area contributed by atoms with Crippen LogP contribution in [-0.2, 0) is 6.54 Å². The van der Waals surface area contributed by atoms with Crippen molar-refractivity contribution in [3.05, 3.63) is 38.9 Å². The van der Waals surface area contributed by atoms with Crippen LogP contribution in [0.15, 0.2) is 17.8 Å². The molecule has 5 nitrogen and oxygen atoms in total. The van der Waals surface area contributed by atoms with Gasteiger partial charge in [-0.2, -0.15) is 0 Å². The zero-order chi connectivity index (χ0) is 14.0. The largest absolute Gasteiger partial charge is 0.478 e. The molecular weight excluding hydrogens is 286 g/mol. The van der Waals surface area contributed by atoms with Crippen LogP contribution < -0.4 is 4.90 Å². The van der Waals surface area contributed by atoms with Crippen molar-refractivity contribution in [3.63, 3.8) is 0 Å². The van der Waals surface area contributed by atoms with Gasteiger partial charge in [-0.15, -0.1) is 11.3 Å². The van der Waals surface area contributed by atoms with Gasteiger partial charge in [-0.25, -0.2) is 14.8 Å². The molecule has 100 valence electrons. The number of aryl methyl sites for hydroxylation is 1. The summed E-state index contributed by atoms with van der Waals surface area (Å²) in [6.07, 6.45) is 1.31. The number of carboxylic acid groups (broad SMARTS) is 1. The van der Waals surface area contributed by atoms with E-state index in [1.54, 1.807) is 16.8 Å². The minimum atomic E-state index is -1.04. The van der Waals surface area contributed by atoms with Gasteiger partial charge in [0, 0.05) is 18.1 Å². The lowest BCUT2D eigenvalue weighted by Crippen LogP contribution is -2.18. The Morgan fingerprint density at radius 3 is 2.79 bits per heavy atom. The molecular formula is C12H12ClN3O2S. The number of rotatable bonds is 4. The zero-order valence-electron chi connectivity index (χ0n) is 10.4. The third kappa shape index (κ3) is 3.02. The molecule has 0 saturated heterocycles. The van der Waals surface area contributed by atoms with Crippen molar-refractivity contribution in [2.24, 2.45) is 0 Å². The van der Waals surface area contributed by atoms with Crippen LogP contribution in [0.3, 0.4) is 0 Å². The van der Waals surface area contributed by atoms with Crippen LogP contribution in [-0.4, -0.2) is 28.1 Å². The highest BCUT2D eigenvalue weighted by molar-refractivity contribution is 7.09. The molecule has 0 bridgehead atoms. The highest BCUT2D eigenvalue weighted by Crippen LogP contribution is 2.25. The molecule has 1 N–H and O–H groups in total. The third-order valence-corrected chi connectivity index (χ3v) is 3.85. The summed E-state index contributed by atoms with van der Waals surface area (Å²) in [4.78, 5) is 22.1. The lowest BCUT2D eigenvalue weighted by molar-refractivity contribution is 0.0696. The Hall–Kier alpha value is -1.66. The Morgan fingerprint density at radius 1 is 1.53 bits per heavy atom. The van der Waals surface area contributed by atoms with Crippen molar-refractivity contribution < 1.29 is 9.90 Å². The van der Waals surface area contributed by atoms with Gasteiger partial charge in [0.25, 0.3) is 0 Å². The Bertz CT molecular complexity index is 615. The van der Waals surface area contributed by atoms with Crippen LogP contribution in [0.5, 0.6) is 0 Å². The maximum absolute atomic E-state index is 10.8. The summed E-state index contributed by atoms with van der Waals surface area (Å²) in [5, 5.41) is 9.19. The number of halogens is 1. The van der Waals surface area contributed by atoms with Gasteiger partial charge < -0.3 is 10.0 Å². The summed E-state index contributed by atoms with van der Waals surface area (Å²) in [6, 6.07) is 1.41. The zero-order valence-corrected chi connectivity index (χ0v) is 12.0. The highest BCUT2D eigenvalue weighted by Gasteiger charge is 2.13. The van der Waals surface area contributed by atoms with Gasteiger partial charge in [0.2, 0.25) is 0 Å². The normalized spacial score (nSPS) is 10.5. The molecule has 0 aliphatic carbocycles. The van der Waals surface area contributed by atoms with Gasteiger partial charge in [0.1, 0.15) is 5.82 Å². The fraction of sp³-hybridized carbons (Fsp3) is 0.250. The summed E-state index contributed by atoms with van der Waals surface area (Å²) in [5.41, 5.74) is 2.85. The number of aromatic nitrogens is 2. The fourth-order valence-electron chi connectivity index (χ4n) is 1.60. The Kier molecular flexibility index (Phi) is 4.01. The first kappa shape index (κ1) is 13.8. The second-order valence-electron chi connectivity index (χ2n) is 4.05. The third-order valence-electron chi connectivity index (χ3n) is 2.66. The Morgan fingerprint density at radius 2 is 2.26 bits per heavy atom. The van der Waals surface area contributed by atoms with Crippen molar-refractivity contribution in [2.75, 3.05) is 11.9 Å². The summed E-state index contributed by atoms with van der Waals surface area (Å²) < 4.78 is 0. The lowest BCUT2D eigenvalue weighted by atomic mass is 10.3. The summed E-state index contributed by atoms with van der Waals surface area (Å²) in [6.45, 7) is 2.58. The maximum atomic E-state index is 10.8. The molecule has 0 radical (unpaired) electrons. The van der Waals surface area contributed by atoms with E-state index in [4.69, 9.17) is 16.7 Å². The van der Waals surface area contributed by atoms with Crippen LogP contribution in [0, 0.1) is 6.92 Å².